The van der Waals surface area contributed by atoms with Crippen molar-refractivity contribution in [3.8, 4) is 0 Å². The van der Waals surface area contributed by atoms with Gasteiger partial charge in [-0.3, -0.25) is 4.79 Å². The fourth-order valence-electron chi connectivity index (χ4n) is 1.04. The summed E-state index contributed by atoms with van der Waals surface area (Å²) in [5.74, 6) is -0.145. The molecule has 0 atom stereocenters. The van der Waals surface area contributed by atoms with E-state index in [0.29, 0.717) is 15.9 Å². The molecular formula is C9H10BrNO2S. The second-order valence-corrected chi connectivity index (χ2v) is 4.46. The van der Waals surface area contributed by atoms with Gasteiger partial charge in [-0.25, -0.2) is 4.98 Å². The Kier molecular flexibility index (Phi) is 3.83. The molecule has 0 aliphatic carbocycles. The van der Waals surface area contributed by atoms with Crippen LogP contribution in [0.4, 0.5) is 0 Å². The Morgan fingerprint density at radius 1 is 1.64 bits per heavy atom. The summed E-state index contributed by atoms with van der Waals surface area (Å²) < 4.78 is 0. The van der Waals surface area contributed by atoms with Crippen LogP contribution in [0.25, 0.3) is 5.57 Å². The van der Waals surface area contributed by atoms with Gasteiger partial charge in [-0.1, -0.05) is 15.9 Å². The van der Waals surface area contributed by atoms with Crippen molar-refractivity contribution in [2.24, 2.45) is 0 Å². The largest absolute Gasteiger partial charge is 0.512 e. The number of aromatic nitrogens is 1. The van der Waals surface area contributed by atoms with Crippen molar-refractivity contribution in [3.05, 3.63) is 21.8 Å². The standard InChI is InChI=1S/C9H10BrNO2S/c1-5(12)8(6(2)13)9-11-4-7(3-10)14-9/h4,12H,3H2,1-2H3/b8-5-. The van der Waals surface area contributed by atoms with Crippen molar-refractivity contribution < 1.29 is 9.90 Å². The van der Waals surface area contributed by atoms with E-state index in [-0.39, 0.29) is 11.5 Å². The Bertz CT molecular complexity index is 380. The van der Waals surface area contributed by atoms with Crippen molar-refractivity contribution >= 4 is 38.6 Å². The first-order chi connectivity index (χ1) is 6.56. The molecule has 0 unspecified atom stereocenters. The molecule has 0 spiro atoms. The lowest BCUT2D eigenvalue weighted by atomic mass is 10.2. The highest BCUT2D eigenvalue weighted by Crippen LogP contribution is 2.25. The third kappa shape index (κ3) is 2.42. The number of Topliss-reactive ketones (excluding diaryl/α,β-unsaturated/α-hetero) is 1. The zero-order valence-electron chi connectivity index (χ0n) is 7.87. The molecule has 76 valence electrons. The number of rotatable bonds is 3. The minimum absolute atomic E-state index is 0.0213. The Balaban J connectivity index is 3.14. The van der Waals surface area contributed by atoms with Crippen LogP contribution in [0, 0.1) is 0 Å². The maximum absolute atomic E-state index is 11.2. The molecule has 1 rings (SSSR count). The van der Waals surface area contributed by atoms with E-state index in [4.69, 9.17) is 0 Å². The Morgan fingerprint density at radius 3 is 2.64 bits per heavy atom. The number of ketones is 1. The van der Waals surface area contributed by atoms with Gasteiger partial charge in [0.25, 0.3) is 0 Å². The van der Waals surface area contributed by atoms with E-state index in [9.17, 15) is 9.90 Å². The van der Waals surface area contributed by atoms with E-state index in [2.05, 4.69) is 20.9 Å². The van der Waals surface area contributed by atoms with E-state index in [1.165, 1.54) is 25.2 Å². The summed E-state index contributed by atoms with van der Waals surface area (Å²) in [4.78, 5) is 16.3. The minimum Gasteiger partial charge on any atom is -0.512 e. The minimum atomic E-state index is -0.166. The highest BCUT2D eigenvalue weighted by Gasteiger charge is 2.14. The van der Waals surface area contributed by atoms with Gasteiger partial charge in [0.2, 0.25) is 0 Å². The van der Waals surface area contributed by atoms with Crippen LogP contribution < -0.4 is 0 Å². The summed E-state index contributed by atoms with van der Waals surface area (Å²) in [5.41, 5.74) is 0.308. The molecule has 0 bridgehead atoms. The lowest BCUT2D eigenvalue weighted by Crippen LogP contribution is -1.98. The van der Waals surface area contributed by atoms with Crippen molar-refractivity contribution in [1.29, 1.82) is 0 Å². The van der Waals surface area contributed by atoms with Crippen LogP contribution in [0.5, 0.6) is 0 Å². The number of hydrogen-bond acceptors (Lipinski definition) is 4. The van der Waals surface area contributed by atoms with Gasteiger partial charge in [0, 0.05) is 16.4 Å². The molecule has 1 aromatic heterocycles. The van der Waals surface area contributed by atoms with Gasteiger partial charge in [0.1, 0.15) is 10.8 Å². The van der Waals surface area contributed by atoms with Gasteiger partial charge in [-0.15, -0.1) is 11.3 Å². The number of allylic oxidation sites excluding steroid dienone is 2. The molecule has 1 N–H and O–H groups in total. The zero-order chi connectivity index (χ0) is 10.7. The van der Waals surface area contributed by atoms with E-state index >= 15 is 0 Å². The number of halogens is 1. The fraction of sp³-hybridized carbons (Fsp3) is 0.333. The molecule has 0 aliphatic heterocycles. The quantitative estimate of drug-likeness (QED) is 0.524. The number of carbonyl (C=O) groups excluding carboxylic acids is 1. The summed E-state index contributed by atoms with van der Waals surface area (Å²) in [6.45, 7) is 2.91. The van der Waals surface area contributed by atoms with Crippen molar-refractivity contribution in [2.45, 2.75) is 19.2 Å². The van der Waals surface area contributed by atoms with Gasteiger partial charge < -0.3 is 5.11 Å². The highest BCUT2D eigenvalue weighted by molar-refractivity contribution is 9.08. The smallest absolute Gasteiger partial charge is 0.166 e. The van der Waals surface area contributed by atoms with E-state index < -0.39 is 0 Å². The first-order valence-corrected chi connectivity index (χ1v) is 5.92. The van der Waals surface area contributed by atoms with Gasteiger partial charge in [-0.2, -0.15) is 0 Å². The SMILES string of the molecule is CC(=O)/C(=C(\C)O)c1ncc(CBr)s1. The van der Waals surface area contributed by atoms with Crippen LogP contribution >= 0.6 is 27.3 Å². The van der Waals surface area contributed by atoms with Gasteiger partial charge in [-0.05, 0) is 13.8 Å². The van der Waals surface area contributed by atoms with Crippen LogP contribution in [0.15, 0.2) is 12.0 Å². The van der Waals surface area contributed by atoms with Gasteiger partial charge in [0.05, 0.1) is 5.57 Å². The molecule has 0 fully saturated rings. The van der Waals surface area contributed by atoms with E-state index in [0.717, 1.165) is 4.88 Å². The molecule has 0 amide bonds. The number of hydrogen-bond donors (Lipinski definition) is 1. The van der Waals surface area contributed by atoms with Crippen LogP contribution in [0.2, 0.25) is 0 Å². The topological polar surface area (TPSA) is 50.2 Å². The van der Waals surface area contributed by atoms with Crippen molar-refractivity contribution in [1.82, 2.24) is 4.98 Å². The lowest BCUT2D eigenvalue weighted by molar-refractivity contribution is -0.111. The first kappa shape index (κ1) is 11.4. The molecule has 0 radical (unpaired) electrons. The zero-order valence-corrected chi connectivity index (χ0v) is 10.3. The van der Waals surface area contributed by atoms with Crippen molar-refractivity contribution in [2.75, 3.05) is 0 Å². The Hall–Kier alpha value is -0.680. The number of alkyl halides is 1. The molecule has 0 aliphatic rings. The molecule has 3 nitrogen and oxygen atoms in total. The molecule has 1 aromatic rings. The number of carbonyl (C=O) groups is 1. The average molecular weight is 276 g/mol. The normalized spacial score (nSPS) is 12.5. The predicted octanol–water partition coefficient (Wildman–Crippen LogP) is 2.92. The van der Waals surface area contributed by atoms with E-state index in [1.807, 2.05) is 0 Å². The molecule has 14 heavy (non-hydrogen) atoms. The van der Waals surface area contributed by atoms with Crippen LogP contribution in [-0.2, 0) is 10.1 Å². The predicted molar refractivity (Wildman–Crippen MR) is 60.6 cm³/mol. The van der Waals surface area contributed by atoms with Gasteiger partial charge in [0.15, 0.2) is 5.78 Å². The van der Waals surface area contributed by atoms with Crippen LogP contribution in [0.3, 0.4) is 0 Å². The fourth-order valence-corrected chi connectivity index (χ4v) is 2.44. The summed E-state index contributed by atoms with van der Waals surface area (Å²) in [6.07, 6.45) is 1.70. The Morgan fingerprint density at radius 2 is 2.29 bits per heavy atom. The second kappa shape index (κ2) is 4.70. The van der Waals surface area contributed by atoms with Crippen LogP contribution in [0.1, 0.15) is 23.7 Å². The molecular weight excluding hydrogens is 266 g/mol. The maximum atomic E-state index is 11.2. The number of nitrogens with zero attached hydrogens (tertiary/aromatic N) is 1. The lowest BCUT2D eigenvalue weighted by Gasteiger charge is -1.99. The number of aliphatic hydroxyl groups is 1. The summed E-state index contributed by atoms with van der Waals surface area (Å²) >= 11 is 4.70. The molecule has 0 aromatic carbocycles. The third-order valence-corrected chi connectivity index (χ3v) is 3.60. The van der Waals surface area contributed by atoms with E-state index in [1.54, 1.807) is 6.20 Å². The summed E-state index contributed by atoms with van der Waals surface area (Å²) in [5, 5.41) is 10.6. The first-order valence-electron chi connectivity index (χ1n) is 3.98. The molecule has 0 saturated carbocycles. The monoisotopic (exact) mass is 275 g/mol. The summed E-state index contributed by atoms with van der Waals surface area (Å²) in [6, 6.07) is 0. The van der Waals surface area contributed by atoms with Crippen LogP contribution in [-0.4, -0.2) is 15.9 Å². The molecule has 1 heterocycles. The van der Waals surface area contributed by atoms with Crippen molar-refractivity contribution in [3.63, 3.8) is 0 Å². The number of aliphatic hydroxyl groups excluding tert-OH is 1. The average Bonchev–Trinajstić information content (AvgIpc) is 2.51. The Labute approximate surface area is 94.6 Å². The molecule has 5 heteroatoms. The molecule has 0 saturated heterocycles. The summed E-state index contributed by atoms with van der Waals surface area (Å²) in [7, 11) is 0. The third-order valence-electron chi connectivity index (χ3n) is 1.61. The maximum Gasteiger partial charge on any atom is 0.166 e. The van der Waals surface area contributed by atoms with Gasteiger partial charge >= 0.3 is 0 Å². The number of thiazole rings is 1. The highest BCUT2D eigenvalue weighted by atomic mass is 79.9. The second-order valence-electron chi connectivity index (χ2n) is 2.78.